The first kappa shape index (κ1) is 20.4. The van der Waals surface area contributed by atoms with Crippen LogP contribution in [0.2, 0.25) is 0 Å². The highest BCUT2D eigenvalue weighted by atomic mass is 16.3. The molecule has 5 nitrogen and oxygen atoms in total. The van der Waals surface area contributed by atoms with Gasteiger partial charge >= 0.3 is 0 Å². The van der Waals surface area contributed by atoms with Crippen molar-refractivity contribution in [1.29, 1.82) is 0 Å². The van der Waals surface area contributed by atoms with Gasteiger partial charge in [0.1, 0.15) is 23.8 Å². The van der Waals surface area contributed by atoms with Crippen LogP contribution < -0.4 is 4.57 Å². The van der Waals surface area contributed by atoms with Crippen molar-refractivity contribution in [3.8, 4) is 22.4 Å². The van der Waals surface area contributed by atoms with Crippen LogP contribution in [-0.2, 0) is 7.05 Å². The van der Waals surface area contributed by atoms with E-state index in [1.165, 1.54) is 0 Å². The molecule has 7 rings (SSSR count). The maximum absolute atomic E-state index is 7.59. The fraction of sp³-hybridized carbons (Fsp3) is 0.0645. The highest BCUT2D eigenvalue weighted by Crippen LogP contribution is 2.42. The number of para-hydroxylation sites is 1. The summed E-state index contributed by atoms with van der Waals surface area (Å²) >= 11 is 0. The molecule has 7 aromatic rings. The molecule has 0 saturated heterocycles. The SMILES string of the molecule is [C-]#[N+]c1ccnc2oc3ccc(-c4cccc5c4oc4c(-c6cccc[n+]6C)c(C)ccc45)cc3c12. The number of nitrogens with zero attached hydrogens (tertiary/aromatic N) is 3. The molecule has 170 valence electrons. The van der Waals surface area contributed by atoms with Gasteiger partial charge in [-0.3, -0.25) is 0 Å². The summed E-state index contributed by atoms with van der Waals surface area (Å²) in [5.74, 6) is 0. The molecule has 0 aliphatic rings. The van der Waals surface area contributed by atoms with E-state index in [1.54, 1.807) is 12.3 Å². The van der Waals surface area contributed by atoms with Crippen LogP contribution in [-0.4, -0.2) is 4.98 Å². The molecule has 0 unspecified atom stereocenters. The summed E-state index contributed by atoms with van der Waals surface area (Å²) in [5, 5.41) is 3.78. The van der Waals surface area contributed by atoms with Gasteiger partial charge in [-0.05, 0) is 42.3 Å². The van der Waals surface area contributed by atoms with Gasteiger partial charge in [0.25, 0.3) is 0 Å². The van der Waals surface area contributed by atoms with Crippen molar-refractivity contribution in [2.75, 3.05) is 0 Å². The molecule has 0 aliphatic carbocycles. The number of furan rings is 2. The number of hydrogen-bond acceptors (Lipinski definition) is 3. The van der Waals surface area contributed by atoms with E-state index in [4.69, 9.17) is 15.4 Å². The summed E-state index contributed by atoms with van der Waals surface area (Å²) in [6.07, 6.45) is 3.67. The van der Waals surface area contributed by atoms with E-state index in [-0.39, 0.29) is 0 Å². The smallest absolute Gasteiger partial charge is 0.216 e. The third-order valence-electron chi connectivity index (χ3n) is 6.97. The van der Waals surface area contributed by atoms with Gasteiger partial charge in [0.2, 0.25) is 17.1 Å². The van der Waals surface area contributed by atoms with E-state index >= 15 is 0 Å². The second-order valence-electron chi connectivity index (χ2n) is 9.05. The normalized spacial score (nSPS) is 11.6. The van der Waals surface area contributed by atoms with Gasteiger partial charge in [-0.2, -0.15) is 0 Å². The molecule has 5 heteroatoms. The summed E-state index contributed by atoms with van der Waals surface area (Å²) in [7, 11) is 2.05. The molecule has 0 amide bonds. The van der Waals surface area contributed by atoms with Crippen molar-refractivity contribution in [1.82, 2.24) is 4.98 Å². The molecule has 0 bridgehead atoms. The van der Waals surface area contributed by atoms with E-state index in [1.807, 2.05) is 18.2 Å². The summed E-state index contributed by atoms with van der Waals surface area (Å²) < 4.78 is 14.7. The van der Waals surface area contributed by atoms with Crippen LogP contribution in [0.3, 0.4) is 0 Å². The topological polar surface area (TPSA) is 47.4 Å². The molecule has 0 atom stereocenters. The minimum Gasteiger partial charge on any atom is -0.454 e. The number of pyridine rings is 2. The van der Waals surface area contributed by atoms with E-state index in [9.17, 15) is 0 Å². The Bertz CT molecular complexity index is 2040. The summed E-state index contributed by atoms with van der Waals surface area (Å²) in [6, 6.07) is 24.6. The lowest BCUT2D eigenvalue weighted by atomic mass is 9.98. The van der Waals surface area contributed by atoms with Crippen LogP contribution in [0.25, 0.3) is 71.2 Å². The van der Waals surface area contributed by atoms with Gasteiger partial charge in [-0.15, -0.1) is 0 Å². The Labute approximate surface area is 206 Å². The molecule has 4 heterocycles. The van der Waals surface area contributed by atoms with Crippen molar-refractivity contribution in [3.05, 3.63) is 102 Å². The van der Waals surface area contributed by atoms with Gasteiger partial charge in [0.05, 0.1) is 17.5 Å². The van der Waals surface area contributed by atoms with Crippen LogP contribution in [0, 0.1) is 13.5 Å². The van der Waals surface area contributed by atoms with Gasteiger partial charge in [-0.25, -0.2) is 14.4 Å². The zero-order valence-electron chi connectivity index (χ0n) is 19.7. The number of aromatic nitrogens is 2. The van der Waals surface area contributed by atoms with E-state index in [0.29, 0.717) is 17.0 Å². The molecular formula is C31H20N3O2+. The molecule has 36 heavy (non-hydrogen) atoms. The quantitative estimate of drug-likeness (QED) is 0.192. The Morgan fingerprint density at radius 3 is 2.61 bits per heavy atom. The number of aryl methyl sites for hydroxylation is 2. The molecule has 0 fully saturated rings. The lowest BCUT2D eigenvalue weighted by Crippen LogP contribution is -2.30. The Morgan fingerprint density at radius 1 is 0.861 bits per heavy atom. The fourth-order valence-corrected chi connectivity index (χ4v) is 5.23. The molecule has 4 aromatic heterocycles. The Kier molecular flexibility index (Phi) is 4.27. The number of hydrogen-bond donors (Lipinski definition) is 0. The third kappa shape index (κ3) is 2.82. The van der Waals surface area contributed by atoms with E-state index in [2.05, 4.69) is 83.1 Å². The van der Waals surface area contributed by atoms with Crippen LogP contribution in [0.4, 0.5) is 5.69 Å². The van der Waals surface area contributed by atoms with Gasteiger partial charge < -0.3 is 8.83 Å². The monoisotopic (exact) mass is 466 g/mol. The van der Waals surface area contributed by atoms with Crippen LogP contribution >= 0.6 is 0 Å². The third-order valence-corrected chi connectivity index (χ3v) is 6.97. The first-order chi connectivity index (χ1) is 17.6. The molecule has 0 radical (unpaired) electrons. The van der Waals surface area contributed by atoms with Crippen molar-refractivity contribution in [2.24, 2.45) is 7.05 Å². The van der Waals surface area contributed by atoms with Crippen LogP contribution in [0.15, 0.2) is 94.0 Å². The van der Waals surface area contributed by atoms with E-state index < -0.39 is 0 Å². The minimum atomic E-state index is 0.480. The fourth-order valence-electron chi connectivity index (χ4n) is 5.23. The first-order valence-corrected chi connectivity index (χ1v) is 11.7. The lowest BCUT2D eigenvalue weighted by molar-refractivity contribution is -0.660. The molecule has 0 N–H and O–H groups in total. The summed E-state index contributed by atoms with van der Waals surface area (Å²) in [5.41, 5.74) is 8.81. The van der Waals surface area contributed by atoms with E-state index in [0.717, 1.165) is 60.7 Å². The molecule has 3 aromatic carbocycles. The largest absolute Gasteiger partial charge is 0.454 e. The van der Waals surface area contributed by atoms with Gasteiger partial charge in [-0.1, -0.05) is 36.4 Å². The number of benzene rings is 3. The van der Waals surface area contributed by atoms with Gasteiger partial charge in [0.15, 0.2) is 6.20 Å². The second-order valence-corrected chi connectivity index (χ2v) is 9.05. The summed E-state index contributed by atoms with van der Waals surface area (Å²) in [4.78, 5) is 8.02. The average molecular weight is 467 g/mol. The minimum absolute atomic E-state index is 0.480. The number of fused-ring (bicyclic) bond motifs is 6. The predicted molar refractivity (Wildman–Crippen MR) is 142 cm³/mol. The van der Waals surface area contributed by atoms with Gasteiger partial charge in [0, 0.05) is 40.1 Å². The Balaban J connectivity index is 1.53. The highest BCUT2D eigenvalue weighted by molar-refractivity contribution is 6.15. The van der Waals surface area contributed by atoms with Crippen LogP contribution in [0.5, 0.6) is 0 Å². The standard InChI is InChI=1S/C31H20N3O2/c1-18-10-12-22-21-8-6-7-20(29(21)36-30(22)27(18)25-9-4-5-16-34(25)3)19-11-13-26-23(17-19)28-24(32-2)14-15-33-31(28)35-26/h4-17H,1,3H3/q+1. The average Bonchev–Trinajstić information content (AvgIpc) is 3.47. The summed E-state index contributed by atoms with van der Waals surface area (Å²) in [6.45, 7) is 9.71. The first-order valence-electron chi connectivity index (χ1n) is 11.7. The van der Waals surface area contributed by atoms with Crippen molar-refractivity contribution < 1.29 is 13.4 Å². The Hall–Kier alpha value is -4.95. The highest BCUT2D eigenvalue weighted by Gasteiger charge is 2.22. The zero-order valence-corrected chi connectivity index (χ0v) is 19.7. The van der Waals surface area contributed by atoms with Crippen LogP contribution in [0.1, 0.15) is 5.56 Å². The number of rotatable bonds is 2. The molecule has 0 saturated carbocycles. The molecular weight excluding hydrogens is 446 g/mol. The van der Waals surface area contributed by atoms with Crippen molar-refractivity contribution >= 4 is 49.7 Å². The maximum Gasteiger partial charge on any atom is 0.216 e. The second kappa shape index (κ2) is 7.53. The lowest BCUT2D eigenvalue weighted by Gasteiger charge is -2.05. The predicted octanol–water partition coefficient (Wildman–Crippen LogP) is 7.90. The maximum atomic E-state index is 7.59. The van der Waals surface area contributed by atoms with Crippen molar-refractivity contribution in [2.45, 2.75) is 6.92 Å². The Morgan fingerprint density at radius 2 is 1.75 bits per heavy atom. The molecule has 0 aliphatic heterocycles. The molecule has 0 spiro atoms. The van der Waals surface area contributed by atoms with Crippen molar-refractivity contribution in [3.63, 3.8) is 0 Å². The zero-order chi connectivity index (χ0) is 24.4.